The summed E-state index contributed by atoms with van der Waals surface area (Å²) < 4.78 is 0. The maximum Gasteiger partial charge on any atom is 0.240 e. The molecule has 0 aliphatic carbocycles. The van der Waals surface area contributed by atoms with Crippen molar-refractivity contribution in [3.63, 3.8) is 0 Å². The number of carbonyl (C=O) groups is 3. The van der Waals surface area contributed by atoms with Crippen molar-refractivity contribution in [3.8, 4) is 0 Å². The Morgan fingerprint density at radius 3 is 2.74 bits per heavy atom. The number of amidine groups is 1. The van der Waals surface area contributed by atoms with Crippen molar-refractivity contribution < 1.29 is 14.4 Å². The van der Waals surface area contributed by atoms with Gasteiger partial charge in [-0.2, -0.15) is 0 Å². The molecule has 1 saturated heterocycles. The van der Waals surface area contributed by atoms with E-state index in [1.165, 1.54) is 6.92 Å². The van der Waals surface area contributed by atoms with Crippen LogP contribution in [0.25, 0.3) is 0 Å². The number of carbonyl (C=O) groups excluding carboxylic acids is 3. The summed E-state index contributed by atoms with van der Waals surface area (Å²) in [5.74, 6) is -0.872. The Labute approximate surface area is 138 Å². The zero-order chi connectivity index (χ0) is 17.0. The van der Waals surface area contributed by atoms with Crippen molar-refractivity contribution >= 4 is 40.3 Å². The fraction of sp³-hybridized carbons (Fsp3) is 0.333. The van der Waals surface area contributed by atoms with Crippen molar-refractivity contribution in [2.75, 3.05) is 5.32 Å². The maximum atomic E-state index is 12.1. The second kappa shape index (κ2) is 7.28. The standard InChI is InChI=1S/C15H18N4O3S/c1-8-4-5-11(9(2)6-8)16-13(21)7-12-14(22)17-15(23-12)19-18-10(3)20/h4-6,12H,7H2,1-3H3,(H,16,21)(H,18,20)(H,17,19,22)/t12-/m0/s1. The lowest BCUT2D eigenvalue weighted by molar-refractivity contribution is -0.122. The van der Waals surface area contributed by atoms with Gasteiger partial charge in [0.25, 0.3) is 0 Å². The molecule has 0 unspecified atom stereocenters. The van der Waals surface area contributed by atoms with Crippen LogP contribution >= 0.6 is 11.8 Å². The van der Waals surface area contributed by atoms with Crippen LogP contribution in [0.5, 0.6) is 0 Å². The molecular formula is C15H18N4O3S. The number of hydrazone groups is 1. The van der Waals surface area contributed by atoms with Crippen LogP contribution in [0.1, 0.15) is 24.5 Å². The van der Waals surface area contributed by atoms with Crippen LogP contribution in [0.4, 0.5) is 5.69 Å². The van der Waals surface area contributed by atoms with E-state index in [0.717, 1.165) is 28.6 Å². The summed E-state index contributed by atoms with van der Waals surface area (Å²) in [4.78, 5) is 34.7. The van der Waals surface area contributed by atoms with Gasteiger partial charge in [-0.3, -0.25) is 14.4 Å². The molecule has 3 N–H and O–H groups in total. The molecule has 1 aromatic rings. The summed E-state index contributed by atoms with van der Waals surface area (Å²) in [6, 6.07) is 5.73. The minimum atomic E-state index is -0.562. The normalized spacial score (nSPS) is 18.7. The Balaban J connectivity index is 1.94. The molecule has 1 fully saturated rings. The molecular weight excluding hydrogens is 316 g/mol. The van der Waals surface area contributed by atoms with Crippen LogP contribution in [-0.4, -0.2) is 28.1 Å². The first-order chi connectivity index (χ1) is 10.8. The van der Waals surface area contributed by atoms with Crippen LogP contribution in [0.3, 0.4) is 0 Å². The molecule has 0 spiro atoms. The third-order valence-corrected chi connectivity index (χ3v) is 4.20. The minimum absolute atomic E-state index is 0.0307. The molecule has 2 rings (SSSR count). The molecule has 8 heteroatoms. The van der Waals surface area contributed by atoms with Crippen molar-refractivity contribution in [1.29, 1.82) is 0 Å². The molecule has 3 amide bonds. The van der Waals surface area contributed by atoms with E-state index in [-0.39, 0.29) is 29.3 Å². The Morgan fingerprint density at radius 2 is 2.09 bits per heavy atom. The number of hydrogen-bond donors (Lipinski definition) is 3. The van der Waals surface area contributed by atoms with Gasteiger partial charge in [0.15, 0.2) is 5.17 Å². The van der Waals surface area contributed by atoms with Gasteiger partial charge in [-0.05, 0) is 25.5 Å². The van der Waals surface area contributed by atoms with Gasteiger partial charge in [-0.15, -0.1) is 5.10 Å². The highest BCUT2D eigenvalue weighted by atomic mass is 32.2. The number of amides is 3. The van der Waals surface area contributed by atoms with Crippen molar-refractivity contribution in [1.82, 2.24) is 10.7 Å². The van der Waals surface area contributed by atoms with E-state index >= 15 is 0 Å². The highest BCUT2D eigenvalue weighted by molar-refractivity contribution is 8.15. The number of anilines is 1. The van der Waals surface area contributed by atoms with E-state index in [4.69, 9.17) is 0 Å². The third-order valence-electron chi connectivity index (χ3n) is 3.12. The number of hydrogen-bond acceptors (Lipinski definition) is 5. The highest BCUT2D eigenvalue weighted by Gasteiger charge is 2.32. The van der Waals surface area contributed by atoms with Crippen molar-refractivity contribution in [3.05, 3.63) is 29.3 Å². The van der Waals surface area contributed by atoms with Gasteiger partial charge in [0, 0.05) is 19.0 Å². The Morgan fingerprint density at radius 1 is 1.35 bits per heavy atom. The van der Waals surface area contributed by atoms with Crippen LogP contribution in [0.2, 0.25) is 0 Å². The van der Waals surface area contributed by atoms with Gasteiger partial charge in [0.05, 0.1) is 0 Å². The lowest BCUT2D eigenvalue weighted by Gasteiger charge is -2.10. The number of thioether (sulfide) groups is 1. The molecule has 1 aromatic carbocycles. The lowest BCUT2D eigenvalue weighted by Crippen LogP contribution is -2.29. The summed E-state index contributed by atoms with van der Waals surface area (Å²) in [6.45, 7) is 5.21. The van der Waals surface area contributed by atoms with E-state index in [0.29, 0.717) is 0 Å². The Kier molecular flexibility index (Phi) is 5.38. The first kappa shape index (κ1) is 17.0. The van der Waals surface area contributed by atoms with Crippen LogP contribution in [0.15, 0.2) is 23.3 Å². The number of aryl methyl sites for hydroxylation is 2. The summed E-state index contributed by atoms with van der Waals surface area (Å²) in [6.07, 6.45) is 0.0307. The molecule has 1 aliphatic rings. The van der Waals surface area contributed by atoms with E-state index in [1.807, 2.05) is 32.0 Å². The fourth-order valence-corrected chi connectivity index (χ4v) is 2.97. The van der Waals surface area contributed by atoms with E-state index in [2.05, 4.69) is 21.2 Å². The largest absolute Gasteiger partial charge is 0.326 e. The predicted octanol–water partition coefficient (Wildman–Crippen LogP) is 1.27. The Hall–Kier alpha value is -2.35. The van der Waals surface area contributed by atoms with Gasteiger partial charge in [0.1, 0.15) is 5.25 Å². The monoisotopic (exact) mass is 334 g/mol. The average molecular weight is 334 g/mol. The Bertz CT molecular complexity index is 687. The van der Waals surface area contributed by atoms with Gasteiger partial charge >= 0.3 is 0 Å². The zero-order valence-corrected chi connectivity index (χ0v) is 13.9. The van der Waals surface area contributed by atoms with E-state index < -0.39 is 5.25 Å². The first-order valence-electron chi connectivity index (χ1n) is 7.04. The van der Waals surface area contributed by atoms with Gasteiger partial charge in [0.2, 0.25) is 17.7 Å². The second-order valence-corrected chi connectivity index (χ2v) is 6.44. The predicted molar refractivity (Wildman–Crippen MR) is 89.9 cm³/mol. The molecule has 7 nitrogen and oxygen atoms in total. The molecule has 1 atom stereocenters. The molecule has 0 bridgehead atoms. The molecule has 0 saturated carbocycles. The van der Waals surface area contributed by atoms with E-state index in [9.17, 15) is 14.4 Å². The lowest BCUT2D eigenvalue weighted by atomic mass is 10.1. The molecule has 1 aliphatic heterocycles. The quantitative estimate of drug-likeness (QED) is 0.722. The molecule has 1 heterocycles. The van der Waals surface area contributed by atoms with Crippen molar-refractivity contribution in [2.45, 2.75) is 32.4 Å². The molecule has 23 heavy (non-hydrogen) atoms. The van der Waals surface area contributed by atoms with E-state index in [1.54, 1.807) is 0 Å². The van der Waals surface area contributed by atoms with Crippen LogP contribution in [0, 0.1) is 13.8 Å². The summed E-state index contributed by atoms with van der Waals surface area (Å²) in [5.41, 5.74) is 5.06. The molecule has 0 aromatic heterocycles. The summed E-state index contributed by atoms with van der Waals surface area (Å²) in [7, 11) is 0. The van der Waals surface area contributed by atoms with Gasteiger partial charge < -0.3 is 10.6 Å². The first-order valence-corrected chi connectivity index (χ1v) is 7.92. The number of benzene rings is 1. The highest BCUT2D eigenvalue weighted by Crippen LogP contribution is 2.23. The average Bonchev–Trinajstić information content (AvgIpc) is 2.80. The second-order valence-electron chi connectivity index (χ2n) is 5.25. The topological polar surface area (TPSA) is 99.7 Å². The number of rotatable bonds is 4. The maximum absolute atomic E-state index is 12.1. The minimum Gasteiger partial charge on any atom is -0.326 e. The zero-order valence-electron chi connectivity index (χ0n) is 13.1. The smallest absolute Gasteiger partial charge is 0.240 e. The SMILES string of the molecule is CC(=O)N/N=C1\NC(=O)[C@H](CC(=O)Nc2ccc(C)cc2C)S1. The van der Waals surface area contributed by atoms with Crippen LogP contribution < -0.4 is 16.1 Å². The molecule has 122 valence electrons. The third kappa shape index (κ3) is 4.82. The van der Waals surface area contributed by atoms with Gasteiger partial charge in [-0.25, -0.2) is 5.43 Å². The number of nitrogens with one attached hydrogen (secondary N) is 3. The fourth-order valence-electron chi connectivity index (χ4n) is 2.05. The van der Waals surface area contributed by atoms with Crippen LogP contribution in [-0.2, 0) is 14.4 Å². The summed E-state index contributed by atoms with van der Waals surface area (Å²) in [5, 5.41) is 8.81. The summed E-state index contributed by atoms with van der Waals surface area (Å²) >= 11 is 1.12. The van der Waals surface area contributed by atoms with Crippen molar-refractivity contribution in [2.24, 2.45) is 5.10 Å². The molecule has 0 radical (unpaired) electrons. The van der Waals surface area contributed by atoms with Gasteiger partial charge in [-0.1, -0.05) is 29.5 Å². The number of nitrogens with zero attached hydrogens (tertiary/aromatic N) is 1.